The molecule has 0 aliphatic carbocycles. The summed E-state index contributed by atoms with van der Waals surface area (Å²) in [5.74, 6) is 0.165. The monoisotopic (exact) mass is 395 g/mol. The Kier molecular flexibility index (Phi) is 3.73. The molecule has 3 aromatic rings. The number of amides is 1. The molecule has 3 aliphatic rings. The molecule has 30 heavy (non-hydrogen) atoms. The first kappa shape index (κ1) is 17.6. The quantitative estimate of drug-likeness (QED) is 0.675. The molecule has 3 aliphatic heterocycles. The standard InChI is InChI=1S/C26H25N3O/c1-18-9-2-3-10-19(18)17-29-22-13-6-4-11-20(22)26(25(29)30)24-15-8-16-28(24)23-14-7-5-12-21(23)27-26/h2-7,9-14,24,27H,8,15-17H2,1H3. The molecule has 150 valence electrons. The molecule has 0 saturated carbocycles. The number of rotatable bonds is 2. The van der Waals surface area contributed by atoms with Crippen LogP contribution in [0.5, 0.6) is 0 Å². The Balaban J connectivity index is 1.52. The molecule has 4 nitrogen and oxygen atoms in total. The number of carbonyl (C=O) groups is 1. The van der Waals surface area contributed by atoms with Gasteiger partial charge in [0.05, 0.1) is 29.6 Å². The minimum atomic E-state index is -0.732. The number of para-hydroxylation sites is 3. The van der Waals surface area contributed by atoms with E-state index in [0.29, 0.717) is 6.54 Å². The van der Waals surface area contributed by atoms with Crippen molar-refractivity contribution in [3.05, 3.63) is 89.5 Å². The Bertz CT molecular complexity index is 1160. The maximum Gasteiger partial charge on any atom is 0.259 e. The zero-order valence-corrected chi connectivity index (χ0v) is 17.1. The van der Waals surface area contributed by atoms with Crippen LogP contribution in [0.1, 0.15) is 29.5 Å². The summed E-state index contributed by atoms with van der Waals surface area (Å²) >= 11 is 0. The maximum atomic E-state index is 14.2. The van der Waals surface area contributed by atoms with Crippen LogP contribution < -0.4 is 15.1 Å². The van der Waals surface area contributed by atoms with Crippen LogP contribution >= 0.6 is 0 Å². The third-order valence-corrected chi connectivity index (χ3v) is 7.09. The Morgan fingerprint density at radius 1 is 0.967 bits per heavy atom. The summed E-state index contributed by atoms with van der Waals surface area (Å²) in [5, 5.41) is 3.75. The molecule has 1 N–H and O–H groups in total. The first-order chi connectivity index (χ1) is 14.7. The topological polar surface area (TPSA) is 35.6 Å². The number of hydrogen-bond acceptors (Lipinski definition) is 3. The minimum Gasteiger partial charge on any atom is -0.364 e. The van der Waals surface area contributed by atoms with Crippen molar-refractivity contribution in [2.24, 2.45) is 0 Å². The Morgan fingerprint density at radius 2 is 1.70 bits per heavy atom. The molecule has 0 radical (unpaired) electrons. The van der Waals surface area contributed by atoms with Crippen LogP contribution in [-0.2, 0) is 16.9 Å². The molecule has 0 bridgehead atoms. The second-order valence-electron chi connectivity index (χ2n) is 8.64. The van der Waals surface area contributed by atoms with Crippen LogP contribution in [0.25, 0.3) is 0 Å². The van der Waals surface area contributed by atoms with E-state index in [0.717, 1.165) is 36.3 Å². The van der Waals surface area contributed by atoms with Gasteiger partial charge >= 0.3 is 0 Å². The van der Waals surface area contributed by atoms with Gasteiger partial charge in [0.2, 0.25) is 0 Å². The van der Waals surface area contributed by atoms with Crippen molar-refractivity contribution in [2.75, 3.05) is 21.7 Å². The fourth-order valence-corrected chi connectivity index (χ4v) is 5.67. The summed E-state index contributed by atoms with van der Waals surface area (Å²) in [6, 6.07) is 25.2. The van der Waals surface area contributed by atoms with E-state index < -0.39 is 5.54 Å². The third-order valence-electron chi connectivity index (χ3n) is 7.09. The molecule has 6 rings (SSSR count). The van der Waals surface area contributed by atoms with E-state index in [1.165, 1.54) is 16.8 Å². The van der Waals surface area contributed by atoms with E-state index >= 15 is 0 Å². The van der Waals surface area contributed by atoms with Gasteiger partial charge in [0.15, 0.2) is 5.54 Å². The van der Waals surface area contributed by atoms with E-state index in [9.17, 15) is 4.79 Å². The van der Waals surface area contributed by atoms with Gasteiger partial charge in [-0.3, -0.25) is 4.79 Å². The third kappa shape index (κ3) is 2.25. The highest BCUT2D eigenvalue weighted by Gasteiger charge is 2.60. The Labute approximate surface area is 177 Å². The highest BCUT2D eigenvalue weighted by atomic mass is 16.2. The predicted octanol–water partition coefficient (Wildman–Crippen LogP) is 4.83. The molecule has 1 fully saturated rings. The van der Waals surface area contributed by atoms with Crippen LogP contribution in [0.2, 0.25) is 0 Å². The maximum absolute atomic E-state index is 14.2. The highest BCUT2D eigenvalue weighted by molar-refractivity contribution is 6.11. The van der Waals surface area contributed by atoms with Crippen molar-refractivity contribution < 1.29 is 4.79 Å². The summed E-state index contributed by atoms with van der Waals surface area (Å²) in [4.78, 5) is 18.7. The number of carbonyl (C=O) groups excluding carboxylic acids is 1. The molecule has 2 unspecified atom stereocenters. The van der Waals surface area contributed by atoms with E-state index in [1.807, 2.05) is 17.0 Å². The van der Waals surface area contributed by atoms with Crippen LogP contribution in [-0.4, -0.2) is 18.5 Å². The summed E-state index contributed by atoms with van der Waals surface area (Å²) in [7, 11) is 0. The Hall–Kier alpha value is -3.27. The first-order valence-corrected chi connectivity index (χ1v) is 10.8. The number of nitrogens with zero attached hydrogens (tertiary/aromatic N) is 2. The van der Waals surface area contributed by atoms with Gasteiger partial charge in [-0.25, -0.2) is 0 Å². The number of aryl methyl sites for hydroxylation is 1. The smallest absolute Gasteiger partial charge is 0.259 e. The zero-order valence-electron chi connectivity index (χ0n) is 17.1. The van der Waals surface area contributed by atoms with Gasteiger partial charge in [0, 0.05) is 12.1 Å². The first-order valence-electron chi connectivity index (χ1n) is 10.8. The van der Waals surface area contributed by atoms with Crippen molar-refractivity contribution >= 4 is 23.0 Å². The normalized spacial score (nSPS) is 23.9. The number of hydrogen-bond donors (Lipinski definition) is 1. The van der Waals surface area contributed by atoms with Crippen molar-refractivity contribution in [1.82, 2.24) is 0 Å². The van der Waals surface area contributed by atoms with Crippen LogP contribution in [0.3, 0.4) is 0 Å². The summed E-state index contributed by atoms with van der Waals surface area (Å²) in [6.07, 6.45) is 2.12. The summed E-state index contributed by atoms with van der Waals surface area (Å²) < 4.78 is 0. The van der Waals surface area contributed by atoms with Gasteiger partial charge in [-0.2, -0.15) is 0 Å². The van der Waals surface area contributed by atoms with Crippen LogP contribution in [0.4, 0.5) is 17.1 Å². The van der Waals surface area contributed by atoms with E-state index in [4.69, 9.17) is 0 Å². The number of fused-ring (bicyclic) bond motifs is 6. The van der Waals surface area contributed by atoms with Gasteiger partial charge in [0.25, 0.3) is 5.91 Å². The van der Waals surface area contributed by atoms with Gasteiger partial charge < -0.3 is 15.1 Å². The lowest BCUT2D eigenvalue weighted by atomic mass is 9.80. The van der Waals surface area contributed by atoms with Crippen molar-refractivity contribution in [1.29, 1.82) is 0 Å². The second kappa shape index (κ2) is 6.36. The van der Waals surface area contributed by atoms with Crippen LogP contribution in [0.15, 0.2) is 72.8 Å². The fourth-order valence-electron chi connectivity index (χ4n) is 5.67. The molecule has 1 amide bonds. The second-order valence-corrected chi connectivity index (χ2v) is 8.64. The predicted molar refractivity (Wildman–Crippen MR) is 121 cm³/mol. The lowest BCUT2D eigenvalue weighted by molar-refractivity contribution is -0.123. The molecule has 1 saturated heterocycles. The highest BCUT2D eigenvalue weighted by Crippen LogP contribution is 2.53. The van der Waals surface area contributed by atoms with Gasteiger partial charge in [-0.1, -0.05) is 54.6 Å². The van der Waals surface area contributed by atoms with Crippen molar-refractivity contribution in [3.63, 3.8) is 0 Å². The van der Waals surface area contributed by atoms with Gasteiger partial charge in [-0.15, -0.1) is 0 Å². The van der Waals surface area contributed by atoms with Gasteiger partial charge in [0.1, 0.15) is 0 Å². The molecule has 3 aromatic carbocycles. The molecule has 2 atom stereocenters. The zero-order chi connectivity index (χ0) is 20.3. The van der Waals surface area contributed by atoms with E-state index in [2.05, 4.69) is 77.8 Å². The molecule has 1 spiro atoms. The SMILES string of the molecule is Cc1ccccc1CN1C(=O)C2(Nc3ccccc3N3CCCC32)c2ccccc21. The molecular weight excluding hydrogens is 370 g/mol. The lowest BCUT2D eigenvalue weighted by Crippen LogP contribution is -2.60. The number of anilines is 3. The summed E-state index contributed by atoms with van der Waals surface area (Å²) in [6.45, 7) is 3.71. The van der Waals surface area contributed by atoms with Crippen molar-refractivity contribution in [2.45, 2.75) is 37.9 Å². The van der Waals surface area contributed by atoms with Gasteiger partial charge in [-0.05, 0) is 49.1 Å². The largest absolute Gasteiger partial charge is 0.364 e. The van der Waals surface area contributed by atoms with E-state index in [-0.39, 0.29) is 11.9 Å². The molecule has 0 aromatic heterocycles. The lowest BCUT2D eigenvalue weighted by Gasteiger charge is -2.46. The average molecular weight is 396 g/mol. The van der Waals surface area contributed by atoms with Crippen molar-refractivity contribution in [3.8, 4) is 0 Å². The molecule has 4 heteroatoms. The molecule has 3 heterocycles. The average Bonchev–Trinajstić information content (AvgIpc) is 3.35. The summed E-state index contributed by atoms with van der Waals surface area (Å²) in [5.41, 5.74) is 6.08. The minimum absolute atomic E-state index is 0.128. The van der Waals surface area contributed by atoms with E-state index in [1.54, 1.807) is 0 Å². The fraction of sp³-hybridized carbons (Fsp3) is 0.269. The molecular formula is C26H25N3O. The van der Waals surface area contributed by atoms with Crippen LogP contribution in [0, 0.1) is 6.92 Å². The Morgan fingerprint density at radius 3 is 2.57 bits per heavy atom. The number of nitrogens with one attached hydrogen (secondary N) is 1. The number of benzene rings is 3.